The predicted octanol–water partition coefficient (Wildman–Crippen LogP) is 2.02. The highest BCUT2D eigenvalue weighted by molar-refractivity contribution is 5.78. The van der Waals surface area contributed by atoms with Gasteiger partial charge in [-0.3, -0.25) is 9.59 Å². The molecular weight excluding hydrogens is 220 g/mol. The molecule has 0 N–H and O–H groups in total. The van der Waals surface area contributed by atoms with Crippen molar-refractivity contribution in [2.75, 3.05) is 13.7 Å². The molecule has 0 bridgehead atoms. The first kappa shape index (κ1) is 14.0. The zero-order valence-corrected chi connectivity index (χ0v) is 11.5. The number of methoxy groups -OCH3 is 1. The average molecular weight is 242 g/mol. The van der Waals surface area contributed by atoms with E-state index >= 15 is 0 Å². The summed E-state index contributed by atoms with van der Waals surface area (Å²) in [7, 11) is 1.38. The molecule has 4 heteroatoms. The molecule has 1 rings (SSSR count). The third-order valence-electron chi connectivity index (χ3n) is 3.51. The van der Waals surface area contributed by atoms with Crippen LogP contribution in [0.15, 0.2) is 0 Å². The van der Waals surface area contributed by atoms with Crippen LogP contribution in [0.5, 0.6) is 0 Å². The van der Waals surface area contributed by atoms with Crippen LogP contribution < -0.4 is 0 Å². The van der Waals surface area contributed by atoms with Gasteiger partial charge in [0.1, 0.15) is 0 Å². The van der Waals surface area contributed by atoms with Crippen molar-refractivity contribution in [3.05, 3.63) is 0 Å². The van der Waals surface area contributed by atoms with Gasteiger partial charge in [0.05, 0.1) is 25.0 Å². The maximum atomic E-state index is 11.6. The van der Waals surface area contributed by atoms with Gasteiger partial charge in [-0.1, -0.05) is 13.8 Å². The Morgan fingerprint density at radius 3 is 2.18 bits per heavy atom. The molecule has 98 valence electrons. The molecule has 1 fully saturated rings. The summed E-state index contributed by atoms with van der Waals surface area (Å²) < 4.78 is 9.98. The summed E-state index contributed by atoms with van der Waals surface area (Å²) in [6.07, 6.45) is 0. The van der Waals surface area contributed by atoms with Crippen molar-refractivity contribution in [3.8, 4) is 0 Å². The lowest BCUT2D eigenvalue weighted by Gasteiger charge is -2.16. The van der Waals surface area contributed by atoms with E-state index in [0.717, 1.165) is 0 Å². The Labute approximate surface area is 103 Å². The van der Waals surface area contributed by atoms with E-state index in [-0.39, 0.29) is 29.2 Å². The number of rotatable bonds is 3. The first-order valence-electron chi connectivity index (χ1n) is 5.87. The fourth-order valence-corrected chi connectivity index (χ4v) is 2.03. The molecule has 0 aromatic heterocycles. The lowest BCUT2D eigenvalue weighted by atomic mass is 9.97. The molecule has 0 aliphatic heterocycles. The second-order valence-electron chi connectivity index (χ2n) is 6.28. The minimum absolute atomic E-state index is 0.0706. The summed E-state index contributed by atoms with van der Waals surface area (Å²) in [5, 5.41) is 0. The SMILES string of the molecule is COC(=O)C1C(COC(=O)C(C)(C)C)C1(C)C. The smallest absolute Gasteiger partial charge is 0.311 e. The average Bonchev–Trinajstić information content (AvgIpc) is 2.74. The van der Waals surface area contributed by atoms with E-state index in [1.54, 1.807) is 0 Å². The van der Waals surface area contributed by atoms with Gasteiger partial charge in [-0.2, -0.15) is 0 Å². The molecule has 2 unspecified atom stereocenters. The van der Waals surface area contributed by atoms with E-state index in [1.165, 1.54) is 7.11 Å². The van der Waals surface area contributed by atoms with Crippen LogP contribution >= 0.6 is 0 Å². The largest absolute Gasteiger partial charge is 0.469 e. The Hall–Kier alpha value is -1.06. The molecule has 0 heterocycles. The summed E-state index contributed by atoms with van der Waals surface area (Å²) in [6.45, 7) is 9.71. The normalized spacial score (nSPS) is 26.2. The molecular formula is C13H22O4. The number of hydrogen-bond acceptors (Lipinski definition) is 4. The van der Waals surface area contributed by atoms with Gasteiger partial charge in [0, 0.05) is 5.92 Å². The van der Waals surface area contributed by atoms with E-state index in [9.17, 15) is 9.59 Å². The van der Waals surface area contributed by atoms with Crippen LogP contribution in [0.4, 0.5) is 0 Å². The van der Waals surface area contributed by atoms with Crippen LogP contribution in [0, 0.1) is 22.7 Å². The van der Waals surface area contributed by atoms with E-state index < -0.39 is 5.41 Å². The van der Waals surface area contributed by atoms with Crippen molar-refractivity contribution >= 4 is 11.9 Å². The van der Waals surface area contributed by atoms with Gasteiger partial charge >= 0.3 is 11.9 Å². The van der Waals surface area contributed by atoms with Gasteiger partial charge in [0.15, 0.2) is 0 Å². The molecule has 0 radical (unpaired) electrons. The standard InChI is InChI=1S/C13H22O4/c1-12(2,3)11(15)17-7-8-9(10(14)16-6)13(8,4)5/h8-9H,7H2,1-6H3. The van der Waals surface area contributed by atoms with Crippen LogP contribution in [-0.2, 0) is 19.1 Å². The molecule has 0 spiro atoms. The van der Waals surface area contributed by atoms with Crippen LogP contribution in [0.2, 0.25) is 0 Å². The van der Waals surface area contributed by atoms with E-state index in [2.05, 4.69) is 0 Å². The number of ether oxygens (including phenoxy) is 2. The third kappa shape index (κ3) is 2.79. The van der Waals surface area contributed by atoms with Gasteiger partial charge in [-0.25, -0.2) is 0 Å². The van der Waals surface area contributed by atoms with Crippen LogP contribution in [-0.4, -0.2) is 25.7 Å². The van der Waals surface area contributed by atoms with E-state index in [0.29, 0.717) is 6.61 Å². The van der Waals surface area contributed by atoms with Gasteiger partial charge < -0.3 is 9.47 Å². The zero-order chi connectivity index (χ0) is 13.4. The fourth-order valence-electron chi connectivity index (χ4n) is 2.03. The Balaban J connectivity index is 2.50. The number of carbonyl (C=O) groups is 2. The molecule has 0 amide bonds. The first-order valence-corrected chi connectivity index (χ1v) is 5.87. The maximum absolute atomic E-state index is 11.6. The molecule has 0 aromatic rings. The predicted molar refractivity (Wildman–Crippen MR) is 63.2 cm³/mol. The van der Waals surface area contributed by atoms with Crippen molar-refractivity contribution in [1.29, 1.82) is 0 Å². The second-order valence-corrected chi connectivity index (χ2v) is 6.28. The molecule has 17 heavy (non-hydrogen) atoms. The Bertz CT molecular complexity index is 325. The Kier molecular flexibility index (Phi) is 3.55. The summed E-state index contributed by atoms with van der Waals surface area (Å²) in [5.74, 6) is -0.530. The van der Waals surface area contributed by atoms with Crippen molar-refractivity contribution in [2.45, 2.75) is 34.6 Å². The highest BCUT2D eigenvalue weighted by atomic mass is 16.5. The van der Waals surface area contributed by atoms with Gasteiger partial charge in [-0.15, -0.1) is 0 Å². The highest BCUT2D eigenvalue weighted by Crippen LogP contribution is 2.58. The van der Waals surface area contributed by atoms with Gasteiger partial charge in [-0.05, 0) is 26.2 Å². The molecule has 1 aliphatic carbocycles. The van der Waals surface area contributed by atoms with Crippen molar-refractivity contribution in [3.63, 3.8) is 0 Å². The Morgan fingerprint density at radius 1 is 1.24 bits per heavy atom. The third-order valence-corrected chi connectivity index (χ3v) is 3.51. The second kappa shape index (κ2) is 4.31. The summed E-state index contributed by atoms with van der Waals surface area (Å²) >= 11 is 0. The van der Waals surface area contributed by atoms with Crippen LogP contribution in [0.25, 0.3) is 0 Å². The summed E-state index contributed by atoms with van der Waals surface area (Å²) in [6, 6.07) is 0. The number of esters is 2. The fraction of sp³-hybridized carbons (Fsp3) is 0.846. The van der Waals surface area contributed by atoms with Crippen molar-refractivity contribution < 1.29 is 19.1 Å². The molecule has 0 aromatic carbocycles. The molecule has 1 saturated carbocycles. The Morgan fingerprint density at radius 2 is 1.76 bits per heavy atom. The van der Waals surface area contributed by atoms with Crippen molar-refractivity contribution in [1.82, 2.24) is 0 Å². The van der Waals surface area contributed by atoms with Crippen molar-refractivity contribution in [2.24, 2.45) is 22.7 Å². The molecule has 4 nitrogen and oxygen atoms in total. The highest BCUT2D eigenvalue weighted by Gasteiger charge is 2.63. The lowest BCUT2D eigenvalue weighted by molar-refractivity contribution is -0.154. The van der Waals surface area contributed by atoms with E-state index in [4.69, 9.17) is 9.47 Å². The molecule has 2 atom stereocenters. The van der Waals surface area contributed by atoms with Gasteiger partial charge in [0.25, 0.3) is 0 Å². The van der Waals surface area contributed by atoms with E-state index in [1.807, 2.05) is 34.6 Å². The lowest BCUT2D eigenvalue weighted by Crippen LogP contribution is -2.24. The van der Waals surface area contributed by atoms with Crippen LogP contribution in [0.3, 0.4) is 0 Å². The molecule has 0 saturated heterocycles. The molecule has 1 aliphatic rings. The first-order chi connectivity index (χ1) is 7.62. The number of carbonyl (C=O) groups excluding carboxylic acids is 2. The van der Waals surface area contributed by atoms with Gasteiger partial charge in [0.2, 0.25) is 0 Å². The maximum Gasteiger partial charge on any atom is 0.311 e. The summed E-state index contributed by atoms with van der Waals surface area (Å²) in [5.41, 5.74) is -0.634. The quantitative estimate of drug-likeness (QED) is 0.710. The minimum atomic E-state index is -0.500. The number of hydrogen-bond donors (Lipinski definition) is 0. The minimum Gasteiger partial charge on any atom is -0.469 e. The zero-order valence-electron chi connectivity index (χ0n) is 11.5. The monoisotopic (exact) mass is 242 g/mol. The topological polar surface area (TPSA) is 52.6 Å². The summed E-state index contributed by atoms with van der Waals surface area (Å²) in [4.78, 5) is 23.1. The van der Waals surface area contributed by atoms with Crippen LogP contribution in [0.1, 0.15) is 34.6 Å².